The monoisotopic (exact) mass is 163 g/mol. The molecule has 0 saturated carbocycles. The van der Waals surface area contributed by atoms with Crippen LogP contribution in [0.25, 0.3) is 0 Å². The summed E-state index contributed by atoms with van der Waals surface area (Å²) in [5.41, 5.74) is 7.72. The summed E-state index contributed by atoms with van der Waals surface area (Å²) in [5.74, 6) is 0. The van der Waals surface area contributed by atoms with Gasteiger partial charge in [0.15, 0.2) is 0 Å². The summed E-state index contributed by atoms with van der Waals surface area (Å²) in [6, 6.07) is 8.73. The fourth-order valence-electron chi connectivity index (χ4n) is 1.02. The van der Waals surface area contributed by atoms with E-state index in [-0.39, 0.29) is 6.04 Å². The summed E-state index contributed by atoms with van der Waals surface area (Å²) >= 11 is 0. The third kappa shape index (κ3) is 2.27. The number of rotatable bonds is 2. The van der Waals surface area contributed by atoms with E-state index < -0.39 is 6.03 Å². The van der Waals surface area contributed by atoms with Crippen molar-refractivity contribution in [2.45, 2.75) is 13.0 Å². The summed E-state index contributed by atoms with van der Waals surface area (Å²) in [5, 5.41) is 2.49. The minimum atomic E-state index is -0.744. The Kier molecular flexibility index (Phi) is 2.69. The predicted molar refractivity (Wildman–Crippen MR) is 46.5 cm³/mol. The molecule has 2 N–H and O–H groups in total. The summed E-state index contributed by atoms with van der Waals surface area (Å²) in [6.07, 6.45) is 0. The molecule has 1 rings (SSSR count). The number of benzene rings is 1. The van der Waals surface area contributed by atoms with Gasteiger partial charge in [0.1, 0.15) is 0 Å². The summed E-state index contributed by atoms with van der Waals surface area (Å²) in [4.78, 5) is 10.4. The second kappa shape index (κ2) is 3.76. The smallest absolute Gasteiger partial charge is 0.330 e. The molecular weight excluding hydrogens is 152 g/mol. The first-order valence-corrected chi connectivity index (χ1v) is 3.77. The Bertz CT molecular complexity index is 258. The van der Waals surface area contributed by atoms with Crippen molar-refractivity contribution in [1.82, 2.24) is 11.1 Å². The van der Waals surface area contributed by atoms with E-state index in [9.17, 15) is 4.79 Å². The largest absolute Gasteiger partial charge is 0.334 e. The Morgan fingerprint density at radius 3 is 2.50 bits per heavy atom. The molecule has 1 aromatic rings. The van der Waals surface area contributed by atoms with E-state index in [0.717, 1.165) is 5.56 Å². The number of urea groups is 1. The Labute approximate surface area is 71.6 Å². The highest BCUT2D eigenvalue weighted by Crippen LogP contribution is 2.10. The van der Waals surface area contributed by atoms with Gasteiger partial charge >= 0.3 is 6.03 Å². The van der Waals surface area contributed by atoms with Crippen LogP contribution in [0.2, 0.25) is 0 Å². The highest BCUT2D eigenvalue weighted by Gasteiger charge is 2.04. The van der Waals surface area contributed by atoms with Crippen LogP contribution in [0, 0.1) is 0 Å². The second-order valence-electron chi connectivity index (χ2n) is 2.61. The van der Waals surface area contributed by atoms with Gasteiger partial charge in [-0.15, -0.1) is 0 Å². The van der Waals surface area contributed by atoms with Crippen molar-refractivity contribution in [3.05, 3.63) is 35.9 Å². The molecule has 0 aliphatic rings. The van der Waals surface area contributed by atoms with E-state index >= 15 is 0 Å². The summed E-state index contributed by atoms with van der Waals surface area (Å²) in [6.45, 7) is 1.85. The van der Waals surface area contributed by atoms with Crippen molar-refractivity contribution in [1.29, 1.82) is 0 Å². The minimum absolute atomic E-state index is 0.0869. The summed E-state index contributed by atoms with van der Waals surface area (Å²) < 4.78 is 0. The molecule has 0 spiro atoms. The fourth-order valence-corrected chi connectivity index (χ4v) is 1.02. The number of hydrogen-bond acceptors (Lipinski definition) is 1. The quantitative estimate of drug-likeness (QED) is 0.709. The Balaban J connectivity index is 2.65. The summed E-state index contributed by atoms with van der Waals surface area (Å²) in [7, 11) is 0. The van der Waals surface area contributed by atoms with Gasteiger partial charge in [0.25, 0.3) is 0 Å². The third-order valence-electron chi connectivity index (χ3n) is 1.65. The predicted octanol–water partition coefficient (Wildman–Crippen LogP) is 1.74. The van der Waals surface area contributed by atoms with Crippen molar-refractivity contribution in [3.63, 3.8) is 0 Å². The zero-order chi connectivity index (χ0) is 8.97. The van der Waals surface area contributed by atoms with Gasteiger partial charge < -0.3 is 5.32 Å². The molecule has 0 fully saturated rings. The maximum Gasteiger partial charge on any atom is 0.334 e. The molecule has 3 nitrogen and oxygen atoms in total. The SMILES string of the molecule is CC(NC([NH])=O)c1ccccc1. The van der Waals surface area contributed by atoms with Crippen LogP contribution >= 0.6 is 0 Å². The molecule has 0 heterocycles. The minimum Gasteiger partial charge on any atom is -0.330 e. The first kappa shape index (κ1) is 8.59. The molecule has 0 aliphatic heterocycles. The molecule has 3 heteroatoms. The molecule has 0 aliphatic carbocycles. The molecule has 1 atom stereocenters. The molecule has 0 bridgehead atoms. The highest BCUT2D eigenvalue weighted by atomic mass is 16.2. The lowest BCUT2D eigenvalue weighted by molar-refractivity contribution is 0.245. The lowest BCUT2D eigenvalue weighted by atomic mass is 10.1. The van der Waals surface area contributed by atoms with Crippen molar-refractivity contribution in [3.8, 4) is 0 Å². The maximum absolute atomic E-state index is 10.4. The van der Waals surface area contributed by atoms with Gasteiger partial charge in [0, 0.05) is 0 Å². The Morgan fingerprint density at radius 2 is 2.00 bits per heavy atom. The van der Waals surface area contributed by atoms with Crippen LogP contribution in [-0.4, -0.2) is 6.03 Å². The van der Waals surface area contributed by atoms with Gasteiger partial charge in [-0.05, 0) is 12.5 Å². The first-order chi connectivity index (χ1) is 5.70. The van der Waals surface area contributed by atoms with E-state index in [1.165, 1.54) is 0 Å². The standard InChI is InChI=1S/C9H11N2O/c1-7(11-9(10)12)8-5-3-2-4-6-8/h2-7,10H,1H3,(H,11,12). The van der Waals surface area contributed by atoms with Crippen LogP contribution in [0.1, 0.15) is 18.5 Å². The van der Waals surface area contributed by atoms with Crippen LogP contribution in [0.15, 0.2) is 30.3 Å². The molecule has 0 aromatic heterocycles. The highest BCUT2D eigenvalue weighted by molar-refractivity contribution is 5.71. The van der Waals surface area contributed by atoms with Gasteiger partial charge in [0.05, 0.1) is 6.04 Å². The molecule has 2 amide bonds. The molecule has 0 saturated heterocycles. The van der Waals surface area contributed by atoms with Crippen LogP contribution in [-0.2, 0) is 0 Å². The van der Waals surface area contributed by atoms with Gasteiger partial charge in [0.2, 0.25) is 0 Å². The lowest BCUT2D eigenvalue weighted by Gasteiger charge is -2.10. The third-order valence-corrected chi connectivity index (χ3v) is 1.65. The van der Waals surface area contributed by atoms with Crippen molar-refractivity contribution < 1.29 is 4.79 Å². The normalized spacial score (nSPS) is 12.1. The van der Waals surface area contributed by atoms with Gasteiger partial charge in [-0.25, -0.2) is 10.5 Å². The zero-order valence-electron chi connectivity index (χ0n) is 6.87. The Morgan fingerprint density at radius 1 is 1.42 bits per heavy atom. The first-order valence-electron chi connectivity index (χ1n) is 3.77. The number of carbonyl (C=O) groups excluding carboxylic acids is 1. The van der Waals surface area contributed by atoms with Crippen LogP contribution in [0.4, 0.5) is 4.79 Å². The molecule has 63 valence electrons. The topological polar surface area (TPSA) is 52.9 Å². The molecule has 1 aromatic carbocycles. The van der Waals surface area contributed by atoms with Crippen LogP contribution in [0.3, 0.4) is 0 Å². The number of amides is 2. The second-order valence-corrected chi connectivity index (χ2v) is 2.61. The Hall–Kier alpha value is -1.51. The van der Waals surface area contributed by atoms with E-state index in [1.807, 2.05) is 37.3 Å². The van der Waals surface area contributed by atoms with Crippen molar-refractivity contribution >= 4 is 6.03 Å². The van der Waals surface area contributed by atoms with Gasteiger partial charge in [-0.2, -0.15) is 0 Å². The van der Waals surface area contributed by atoms with E-state index in [0.29, 0.717) is 0 Å². The zero-order valence-corrected chi connectivity index (χ0v) is 6.87. The fraction of sp³-hybridized carbons (Fsp3) is 0.222. The van der Waals surface area contributed by atoms with Gasteiger partial charge in [-0.3, -0.25) is 0 Å². The number of nitrogens with one attached hydrogen (secondary N) is 2. The van der Waals surface area contributed by atoms with Crippen molar-refractivity contribution in [2.24, 2.45) is 0 Å². The number of hydrogen-bond donors (Lipinski definition) is 1. The molecular formula is C9H11N2O. The number of carbonyl (C=O) groups is 1. The molecule has 1 unspecified atom stereocenters. The molecule has 12 heavy (non-hydrogen) atoms. The van der Waals surface area contributed by atoms with Crippen LogP contribution in [0.5, 0.6) is 0 Å². The van der Waals surface area contributed by atoms with Crippen molar-refractivity contribution in [2.75, 3.05) is 0 Å². The lowest BCUT2D eigenvalue weighted by Crippen LogP contribution is -2.25. The average molecular weight is 163 g/mol. The van der Waals surface area contributed by atoms with E-state index in [1.54, 1.807) is 0 Å². The van der Waals surface area contributed by atoms with Gasteiger partial charge in [-0.1, -0.05) is 30.3 Å². The maximum atomic E-state index is 10.4. The van der Waals surface area contributed by atoms with E-state index in [4.69, 9.17) is 5.73 Å². The molecule has 1 radical (unpaired) electrons. The van der Waals surface area contributed by atoms with Crippen LogP contribution < -0.4 is 11.1 Å². The van der Waals surface area contributed by atoms with E-state index in [2.05, 4.69) is 5.32 Å². The average Bonchev–Trinajstić information content (AvgIpc) is 2.05.